The quantitative estimate of drug-likeness (QED) is 0.480. The minimum atomic E-state index is -0.688. The van der Waals surface area contributed by atoms with Crippen LogP contribution >= 0.6 is 46.1 Å². The highest BCUT2D eigenvalue weighted by molar-refractivity contribution is 7.13. The van der Waals surface area contributed by atoms with E-state index in [-0.39, 0.29) is 27.3 Å². The second-order valence-electron chi connectivity index (χ2n) is 6.23. The fraction of sp³-hybridized carbons (Fsp3) is 0. The maximum Gasteiger partial charge on any atom is 0.283 e. The summed E-state index contributed by atoms with van der Waals surface area (Å²) < 4.78 is 0. The molecule has 3 aromatic rings. The summed E-state index contributed by atoms with van der Waals surface area (Å²) in [6.45, 7) is 0. The number of hydrogen-bond acceptors (Lipinski definition) is 6. The van der Waals surface area contributed by atoms with Crippen LogP contribution in [0.3, 0.4) is 0 Å². The van der Waals surface area contributed by atoms with Gasteiger partial charge in [-0.1, -0.05) is 34.8 Å². The molecule has 31 heavy (non-hydrogen) atoms. The first-order valence-electron chi connectivity index (χ1n) is 8.66. The molecule has 0 aliphatic carbocycles. The van der Waals surface area contributed by atoms with E-state index in [1.165, 1.54) is 29.5 Å². The average molecular weight is 494 g/mol. The number of thiazole rings is 1. The predicted molar refractivity (Wildman–Crippen MR) is 122 cm³/mol. The third kappa shape index (κ3) is 4.28. The Labute approximate surface area is 195 Å². The third-order valence-electron chi connectivity index (χ3n) is 4.26. The lowest BCUT2D eigenvalue weighted by Gasteiger charge is -2.15. The van der Waals surface area contributed by atoms with Gasteiger partial charge in [0.2, 0.25) is 0 Å². The van der Waals surface area contributed by atoms with E-state index in [9.17, 15) is 14.4 Å². The van der Waals surface area contributed by atoms with Gasteiger partial charge in [-0.15, -0.1) is 11.3 Å². The van der Waals surface area contributed by atoms with Gasteiger partial charge in [0.1, 0.15) is 10.7 Å². The Hall–Kier alpha value is -2.91. The van der Waals surface area contributed by atoms with Crippen molar-refractivity contribution in [3.8, 4) is 0 Å². The van der Waals surface area contributed by atoms with Gasteiger partial charge >= 0.3 is 0 Å². The molecule has 7 nitrogen and oxygen atoms in total. The molecule has 0 radical (unpaired) electrons. The molecule has 1 aliphatic heterocycles. The molecule has 0 bridgehead atoms. The van der Waals surface area contributed by atoms with Crippen LogP contribution in [0.1, 0.15) is 10.4 Å². The molecule has 1 aliphatic rings. The van der Waals surface area contributed by atoms with Crippen molar-refractivity contribution in [1.82, 2.24) is 4.98 Å². The molecule has 1 aromatic heterocycles. The summed E-state index contributed by atoms with van der Waals surface area (Å²) in [4.78, 5) is 42.5. The normalized spacial score (nSPS) is 13.7. The number of aromatic nitrogens is 1. The van der Waals surface area contributed by atoms with Crippen LogP contribution in [0, 0.1) is 0 Å². The zero-order chi connectivity index (χ0) is 22.1. The maximum absolute atomic E-state index is 12.8. The highest BCUT2D eigenvalue weighted by Crippen LogP contribution is 2.33. The number of amides is 3. The Morgan fingerprint density at radius 2 is 1.71 bits per heavy atom. The standard InChI is InChI=1S/C20H11Cl3N4O3S/c21-13-6-5-12(9-14(13)22)27-18(29)15(23)16(19(27)30)25-11-3-1-10(2-4-11)17(28)26-20-24-7-8-31-20/h1-9,25H,(H,24,26,28). The summed E-state index contributed by atoms with van der Waals surface area (Å²) in [6, 6.07) is 10.7. The van der Waals surface area contributed by atoms with Crippen molar-refractivity contribution in [2.75, 3.05) is 15.5 Å². The van der Waals surface area contributed by atoms with E-state index in [0.29, 0.717) is 21.4 Å². The van der Waals surface area contributed by atoms with E-state index in [0.717, 1.165) is 4.90 Å². The van der Waals surface area contributed by atoms with Crippen LogP contribution in [-0.4, -0.2) is 22.7 Å². The van der Waals surface area contributed by atoms with Crippen molar-refractivity contribution < 1.29 is 14.4 Å². The minimum Gasteiger partial charge on any atom is -0.350 e. The number of rotatable bonds is 5. The zero-order valence-electron chi connectivity index (χ0n) is 15.4. The van der Waals surface area contributed by atoms with Crippen molar-refractivity contribution in [3.05, 3.63) is 80.4 Å². The lowest BCUT2D eigenvalue weighted by atomic mass is 10.2. The largest absolute Gasteiger partial charge is 0.350 e. The summed E-state index contributed by atoms with van der Waals surface area (Å²) in [6.07, 6.45) is 1.59. The number of carbonyl (C=O) groups excluding carboxylic acids is 3. The van der Waals surface area contributed by atoms with Crippen LogP contribution in [0.5, 0.6) is 0 Å². The Morgan fingerprint density at radius 1 is 0.968 bits per heavy atom. The topological polar surface area (TPSA) is 91.4 Å². The Bertz CT molecular complexity index is 1230. The molecule has 2 heterocycles. The molecule has 2 aromatic carbocycles. The zero-order valence-corrected chi connectivity index (χ0v) is 18.4. The second-order valence-corrected chi connectivity index (χ2v) is 8.31. The number of nitrogens with one attached hydrogen (secondary N) is 2. The van der Waals surface area contributed by atoms with E-state index in [1.54, 1.807) is 35.8 Å². The molecular formula is C20H11Cl3N4O3S. The number of benzene rings is 2. The number of nitrogens with zero attached hydrogens (tertiary/aromatic N) is 2. The van der Waals surface area contributed by atoms with E-state index in [1.807, 2.05) is 0 Å². The van der Waals surface area contributed by atoms with Crippen LogP contribution in [0.2, 0.25) is 10.0 Å². The van der Waals surface area contributed by atoms with Crippen LogP contribution in [-0.2, 0) is 9.59 Å². The van der Waals surface area contributed by atoms with Gasteiger partial charge in [0.15, 0.2) is 5.13 Å². The van der Waals surface area contributed by atoms with Crippen molar-refractivity contribution in [2.45, 2.75) is 0 Å². The van der Waals surface area contributed by atoms with Gasteiger partial charge in [-0.2, -0.15) is 0 Å². The van der Waals surface area contributed by atoms with Gasteiger partial charge < -0.3 is 5.32 Å². The summed E-state index contributed by atoms with van der Waals surface area (Å²) in [5.41, 5.74) is 1.02. The van der Waals surface area contributed by atoms with E-state index < -0.39 is 11.8 Å². The Morgan fingerprint density at radius 3 is 2.35 bits per heavy atom. The number of halogens is 3. The molecule has 156 valence electrons. The van der Waals surface area contributed by atoms with Crippen LogP contribution in [0.15, 0.2) is 64.8 Å². The Kier molecular flexibility index (Phi) is 5.97. The lowest BCUT2D eigenvalue weighted by molar-refractivity contribution is -0.120. The summed E-state index contributed by atoms with van der Waals surface area (Å²) >= 11 is 19.3. The number of anilines is 3. The van der Waals surface area contributed by atoms with Gasteiger partial charge in [-0.05, 0) is 42.5 Å². The SMILES string of the molecule is O=C(Nc1nccs1)c1ccc(NC2=C(Cl)C(=O)N(c3ccc(Cl)c(Cl)c3)C2=O)cc1. The van der Waals surface area contributed by atoms with Gasteiger partial charge in [0, 0.05) is 22.8 Å². The van der Waals surface area contributed by atoms with Gasteiger partial charge in [-0.3, -0.25) is 19.7 Å². The summed E-state index contributed by atoms with van der Waals surface area (Å²) in [7, 11) is 0. The van der Waals surface area contributed by atoms with Crippen molar-refractivity contribution in [3.63, 3.8) is 0 Å². The first-order valence-corrected chi connectivity index (χ1v) is 10.7. The van der Waals surface area contributed by atoms with Gasteiger partial charge in [0.05, 0.1) is 15.7 Å². The average Bonchev–Trinajstić information content (AvgIpc) is 3.33. The maximum atomic E-state index is 12.8. The number of carbonyl (C=O) groups is 3. The monoisotopic (exact) mass is 492 g/mol. The molecular weight excluding hydrogens is 483 g/mol. The van der Waals surface area contributed by atoms with E-state index in [2.05, 4.69) is 15.6 Å². The van der Waals surface area contributed by atoms with Crippen molar-refractivity contribution in [1.29, 1.82) is 0 Å². The van der Waals surface area contributed by atoms with Gasteiger partial charge in [-0.25, -0.2) is 9.88 Å². The van der Waals surface area contributed by atoms with E-state index in [4.69, 9.17) is 34.8 Å². The predicted octanol–water partition coefficient (Wildman–Crippen LogP) is 5.14. The second kappa shape index (κ2) is 8.68. The van der Waals surface area contributed by atoms with Crippen LogP contribution in [0.4, 0.5) is 16.5 Å². The van der Waals surface area contributed by atoms with Crippen molar-refractivity contribution >= 4 is 80.4 Å². The van der Waals surface area contributed by atoms with Crippen LogP contribution in [0.25, 0.3) is 0 Å². The fourth-order valence-electron chi connectivity index (χ4n) is 2.77. The first-order chi connectivity index (χ1) is 14.8. The molecule has 0 saturated carbocycles. The van der Waals surface area contributed by atoms with Crippen LogP contribution < -0.4 is 15.5 Å². The lowest BCUT2D eigenvalue weighted by Crippen LogP contribution is -2.32. The van der Waals surface area contributed by atoms with Crippen molar-refractivity contribution in [2.24, 2.45) is 0 Å². The molecule has 0 atom stereocenters. The first kappa shape index (κ1) is 21.3. The molecule has 0 saturated heterocycles. The van der Waals surface area contributed by atoms with E-state index >= 15 is 0 Å². The molecule has 0 spiro atoms. The molecule has 0 fully saturated rings. The molecule has 2 N–H and O–H groups in total. The highest BCUT2D eigenvalue weighted by Gasteiger charge is 2.39. The molecule has 11 heteroatoms. The third-order valence-corrected chi connectivity index (χ3v) is 6.04. The summed E-state index contributed by atoms with van der Waals surface area (Å²) in [5.74, 6) is -1.65. The molecule has 0 unspecified atom stereocenters. The van der Waals surface area contributed by atoms with Gasteiger partial charge in [0.25, 0.3) is 17.7 Å². The minimum absolute atomic E-state index is 0.0854. The smallest absolute Gasteiger partial charge is 0.283 e. The Balaban J connectivity index is 1.50. The number of imide groups is 1. The highest BCUT2D eigenvalue weighted by atomic mass is 35.5. The summed E-state index contributed by atoms with van der Waals surface area (Å²) in [5, 5.41) is 7.99. The molecule has 3 amide bonds. The number of hydrogen-bond donors (Lipinski definition) is 2. The fourth-order valence-corrected chi connectivity index (χ4v) is 3.80. The molecule has 4 rings (SSSR count).